The van der Waals surface area contributed by atoms with E-state index in [2.05, 4.69) is 0 Å². The van der Waals surface area contributed by atoms with Crippen LogP contribution in [0, 0.1) is 5.82 Å². The molecule has 1 rings (SSSR count). The van der Waals surface area contributed by atoms with Gasteiger partial charge in [-0.2, -0.15) is 0 Å². The number of hydrogen-bond acceptors (Lipinski definition) is 2. The summed E-state index contributed by atoms with van der Waals surface area (Å²) in [5, 5.41) is 7.96. The van der Waals surface area contributed by atoms with Crippen LogP contribution in [0.25, 0.3) is 0 Å². The predicted molar refractivity (Wildman–Crippen MR) is 51.6 cm³/mol. The number of rotatable bonds is 3. The molecule has 1 aromatic carbocycles. The molecule has 0 aromatic heterocycles. The summed E-state index contributed by atoms with van der Waals surface area (Å²) in [6, 6.07) is 3.91. The van der Waals surface area contributed by atoms with Crippen molar-refractivity contribution in [3.63, 3.8) is 0 Å². The van der Waals surface area contributed by atoms with E-state index in [-0.39, 0.29) is 12.4 Å². The van der Waals surface area contributed by atoms with E-state index in [0.29, 0.717) is 11.1 Å². The van der Waals surface area contributed by atoms with Gasteiger partial charge < -0.3 is 5.11 Å². The van der Waals surface area contributed by atoms with Crippen LogP contribution in [0.5, 0.6) is 0 Å². The molecule has 1 aromatic rings. The topological polar surface area (TPSA) is 37.3 Å². The Morgan fingerprint density at radius 3 is 2.71 bits per heavy atom. The summed E-state index contributed by atoms with van der Waals surface area (Å²) in [6.45, 7) is 1.06. The zero-order chi connectivity index (χ0) is 10.7. The average Bonchev–Trinajstić information content (AvgIpc) is 2.15. The summed E-state index contributed by atoms with van der Waals surface area (Å²) < 4.78 is 13.0. The first-order chi connectivity index (χ1) is 6.54. The van der Waals surface area contributed by atoms with Crippen molar-refractivity contribution in [1.82, 2.24) is 0 Å². The molecule has 1 unspecified atom stereocenters. The van der Waals surface area contributed by atoms with Crippen LogP contribution in [0.15, 0.2) is 18.2 Å². The Kier molecular flexibility index (Phi) is 3.61. The summed E-state index contributed by atoms with van der Waals surface area (Å²) in [5.41, 5.74) is 0.787. The van der Waals surface area contributed by atoms with Gasteiger partial charge in [0.15, 0.2) is 5.78 Å². The number of hydrogen-bond donors (Lipinski definition) is 1. The van der Waals surface area contributed by atoms with Gasteiger partial charge in [-0.1, -0.05) is 6.07 Å². The highest BCUT2D eigenvalue weighted by atomic mass is 35.5. The molecule has 1 N–H and O–H groups in total. The number of aliphatic hydroxyl groups excluding tert-OH is 1. The van der Waals surface area contributed by atoms with Gasteiger partial charge in [-0.3, -0.25) is 4.79 Å². The lowest BCUT2D eigenvalue weighted by Gasteiger charge is -2.07. The summed E-state index contributed by atoms with van der Waals surface area (Å²) in [5.74, 6) is -0.750. The molecule has 2 nitrogen and oxygen atoms in total. The largest absolute Gasteiger partial charge is 0.392 e. The van der Waals surface area contributed by atoms with Crippen LogP contribution in [0.4, 0.5) is 4.39 Å². The van der Waals surface area contributed by atoms with Gasteiger partial charge in [0.25, 0.3) is 0 Å². The first-order valence-corrected chi connectivity index (χ1v) is 4.53. The first kappa shape index (κ1) is 11.1. The van der Waals surface area contributed by atoms with Crippen LogP contribution < -0.4 is 0 Å². The molecule has 0 fully saturated rings. The van der Waals surface area contributed by atoms with Crippen molar-refractivity contribution in [3.05, 3.63) is 35.1 Å². The number of alkyl halides is 1. The van der Waals surface area contributed by atoms with Gasteiger partial charge in [0, 0.05) is 0 Å². The number of aliphatic hydroxyl groups is 1. The normalized spacial score (nSPS) is 12.6. The van der Waals surface area contributed by atoms with Gasteiger partial charge in [0.05, 0.1) is 6.61 Å². The van der Waals surface area contributed by atoms with Crippen LogP contribution in [0.1, 0.15) is 23.4 Å². The van der Waals surface area contributed by atoms with E-state index >= 15 is 0 Å². The van der Waals surface area contributed by atoms with Crippen molar-refractivity contribution in [2.24, 2.45) is 0 Å². The van der Waals surface area contributed by atoms with Crippen molar-refractivity contribution in [2.45, 2.75) is 18.9 Å². The SMILES string of the molecule is CC(=O)C(Cl)c1cc(F)cc(CO)c1. The molecule has 0 heterocycles. The fourth-order valence-corrected chi connectivity index (χ4v) is 1.27. The number of carbonyl (C=O) groups is 1. The third kappa shape index (κ3) is 2.53. The van der Waals surface area contributed by atoms with Crippen LogP contribution in [-0.4, -0.2) is 10.9 Å². The third-order valence-corrected chi connectivity index (χ3v) is 2.37. The highest BCUT2D eigenvalue weighted by Crippen LogP contribution is 2.23. The minimum atomic E-state index is -0.851. The van der Waals surface area contributed by atoms with E-state index in [1.807, 2.05) is 0 Å². The molecule has 1 atom stereocenters. The number of ketones is 1. The van der Waals surface area contributed by atoms with E-state index in [4.69, 9.17) is 16.7 Å². The standard InChI is InChI=1S/C10H10ClFO2/c1-6(14)10(11)8-2-7(5-13)3-9(12)4-8/h2-4,10,13H,5H2,1H3. The molecule has 0 saturated carbocycles. The van der Waals surface area contributed by atoms with Crippen molar-refractivity contribution < 1.29 is 14.3 Å². The third-order valence-electron chi connectivity index (χ3n) is 1.81. The summed E-state index contributed by atoms with van der Waals surface area (Å²) >= 11 is 5.74. The van der Waals surface area contributed by atoms with Crippen molar-refractivity contribution in [2.75, 3.05) is 0 Å². The van der Waals surface area contributed by atoms with Crippen LogP contribution in [0.3, 0.4) is 0 Å². The van der Waals surface area contributed by atoms with Crippen LogP contribution in [0.2, 0.25) is 0 Å². The molecule has 4 heteroatoms. The maximum atomic E-state index is 13.0. The predicted octanol–water partition coefficient (Wildman–Crippen LogP) is 2.19. The highest BCUT2D eigenvalue weighted by Gasteiger charge is 2.14. The van der Waals surface area contributed by atoms with Crippen molar-refractivity contribution in [3.8, 4) is 0 Å². The maximum Gasteiger partial charge on any atom is 0.152 e. The van der Waals surface area contributed by atoms with E-state index in [9.17, 15) is 9.18 Å². The number of carbonyl (C=O) groups excluding carboxylic acids is 1. The molecule has 0 bridgehead atoms. The van der Waals surface area contributed by atoms with Crippen molar-refractivity contribution >= 4 is 17.4 Å². The van der Waals surface area contributed by atoms with Gasteiger partial charge >= 0.3 is 0 Å². The van der Waals surface area contributed by atoms with Crippen LogP contribution >= 0.6 is 11.6 Å². The van der Waals surface area contributed by atoms with E-state index in [0.717, 1.165) is 0 Å². The molecule has 0 aliphatic rings. The summed E-state index contributed by atoms with van der Waals surface area (Å²) in [4.78, 5) is 10.9. The molecular weight excluding hydrogens is 207 g/mol. The maximum absolute atomic E-state index is 13.0. The number of benzene rings is 1. The Hall–Kier alpha value is -0.930. The minimum Gasteiger partial charge on any atom is -0.392 e. The van der Waals surface area contributed by atoms with E-state index in [1.165, 1.54) is 25.1 Å². The zero-order valence-corrected chi connectivity index (χ0v) is 8.38. The Balaban J connectivity index is 3.08. The smallest absolute Gasteiger partial charge is 0.152 e. The molecule has 76 valence electrons. The van der Waals surface area contributed by atoms with Gasteiger partial charge in [-0.15, -0.1) is 11.6 Å². The highest BCUT2D eigenvalue weighted by molar-refractivity contribution is 6.30. The van der Waals surface area contributed by atoms with E-state index < -0.39 is 11.2 Å². The lowest BCUT2D eigenvalue weighted by atomic mass is 10.1. The molecule has 0 spiro atoms. The Morgan fingerprint density at radius 1 is 1.57 bits per heavy atom. The van der Waals surface area contributed by atoms with Gasteiger partial charge in [0.2, 0.25) is 0 Å². The quantitative estimate of drug-likeness (QED) is 0.787. The summed E-state index contributed by atoms with van der Waals surface area (Å²) in [6.07, 6.45) is 0. The molecular formula is C10H10ClFO2. The fourth-order valence-electron chi connectivity index (χ4n) is 1.15. The first-order valence-electron chi connectivity index (χ1n) is 4.09. The number of Topliss-reactive ketones (excluding diaryl/α,β-unsaturated/α-hetero) is 1. The van der Waals surface area contributed by atoms with Gasteiger partial charge in [-0.05, 0) is 30.2 Å². The second kappa shape index (κ2) is 4.53. The monoisotopic (exact) mass is 216 g/mol. The minimum absolute atomic E-state index is 0.249. The van der Waals surface area contributed by atoms with Gasteiger partial charge in [-0.25, -0.2) is 4.39 Å². The molecule has 0 saturated heterocycles. The second-order valence-corrected chi connectivity index (χ2v) is 3.46. The number of halogens is 2. The Bertz CT molecular complexity index is 352. The molecule has 0 aliphatic heterocycles. The van der Waals surface area contributed by atoms with Crippen molar-refractivity contribution in [1.29, 1.82) is 0 Å². The zero-order valence-electron chi connectivity index (χ0n) is 7.63. The lowest BCUT2D eigenvalue weighted by Crippen LogP contribution is -2.03. The summed E-state index contributed by atoms with van der Waals surface area (Å²) in [7, 11) is 0. The lowest BCUT2D eigenvalue weighted by molar-refractivity contribution is -0.116. The molecule has 14 heavy (non-hydrogen) atoms. The Morgan fingerprint density at radius 2 is 2.21 bits per heavy atom. The van der Waals surface area contributed by atoms with Gasteiger partial charge in [0.1, 0.15) is 11.2 Å². The molecule has 0 amide bonds. The Labute approximate surface area is 86.3 Å². The fraction of sp³-hybridized carbons (Fsp3) is 0.300. The van der Waals surface area contributed by atoms with E-state index in [1.54, 1.807) is 0 Å². The molecule has 0 aliphatic carbocycles. The average molecular weight is 217 g/mol. The second-order valence-electron chi connectivity index (χ2n) is 3.02. The van der Waals surface area contributed by atoms with Crippen LogP contribution in [-0.2, 0) is 11.4 Å². The molecule has 0 radical (unpaired) electrons.